The van der Waals surface area contributed by atoms with Crippen molar-refractivity contribution in [1.29, 1.82) is 0 Å². The predicted octanol–water partition coefficient (Wildman–Crippen LogP) is 2.12. The molecule has 1 aromatic heterocycles. The molecule has 4 nitrogen and oxygen atoms in total. The Morgan fingerprint density at radius 2 is 2.11 bits per heavy atom. The zero-order valence-electron chi connectivity index (χ0n) is 11.9. The summed E-state index contributed by atoms with van der Waals surface area (Å²) in [6.07, 6.45) is 3.86. The Kier molecular flexibility index (Phi) is 6.32. The summed E-state index contributed by atoms with van der Waals surface area (Å²) >= 11 is 3.57. The van der Waals surface area contributed by atoms with E-state index in [0.29, 0.717) is 5.92 Å². The fourth-order valence-corrected chi connectivity index (χ4v) is 2.25. The maximum Gasteiger partial charge on any atom is 0.0635 e. The molecule has 0 radical (unpaired) electrons. The fourth-order valence-electron chi connectivity index (χ4n) is 1.76. The van der Waals surface area contributed by atoms with Crippen LogP contribution in [0.25, 0.3) is 0 Å². The van der Waals surface area contributed by atoms with Crippen LogP contribution in [0.3, 0.4) is 0 Å². The molecule has 1 atom stereocenters. The van der Waals surface area contributed by atoms with Crippen molar-refractivity contribution in [2.24, 2.45) is 11.7 Å². The average molecular weight is 317 g/mol. The van der Waals surface area contributed by atoms with E-state index in [-0.39, 0.29) is 6.04 Å². The number of aromatic nitrogens is 2. The van der Waals surface area contributed by atoms with Gasteiger partial charge < -0.3 is 10.6 Å². The highest BCUT2D eigenvalue weighted by molar-refractivity contribution is 9.10. The van der Waals surface area contributed by atoms with E-state index in [1.54, 1.807) is 0 Å². The second-order valence-corrected chi connectivity index (χ2v) is 6.27. The third kappa shape index (κ3) is 4.71. The lowest BCUT2D eigenvalue weighted by molar-refractivity contribution is 0.367. The third-order valence-corrected chi connectivity index (χ3v) is 3.89. The van der Waals surface area contributed by atoms with Crippen LogP contribution in [0, 0.1) is 5.92 Å². The summed E-state index contributed by atoms with van der Waals surface area (Å²) in [6.45, 7) is 6.26. The number of likely N-dealkylation sites (N-methyl/N-ethyl adjacent to an activating group) is 1. The molecule has 0 saturated heterocycles. The molecule has 1 rings (SSSR count). The second kappa shape index (κ2) is 7.26. The Morgan fingerprint density at radius 1 is 1.44 bits per heavy atom. The Morgan fingerprint density at radius 3 is 2.67 bits per heavy atom. The van der Waals surface area contributed by atoms with Gasteiger partial charge in [-0.3, -0.25) is 4.68 Å². The largest absolute Gasteiger partial charge is 0.327 e. The smallest absolute Gasteiger partial charge is 0.0635 e. The zero-order chi connectivity index (χ0) is 13.7. The van der Waals surface area contributed by atoms with Crippen LogP contribution >= 0.6 is 15.9 Å². The van der Waals surface area contributed by atoms with Crippen molar-refractivity contribution in [2.45, 2.75) is 39.3 Å². The number of nitrogens with two attached hydrogens (primary N) is 1. The summed E-state index contributed by atoms with van der Waals surface area (Å²) < 4.78 is 3.18. The zero-order valence-corrected chi connectivity index (χ0v) is 13.4. The molecule has 0 spiro atoms. The molecule has 18 heavy (non-hydrogen) atoms. The first-order valence-corrected chi connectivity index (χ1v) is 7.31. The van der Waals surface area contributed by atoms with Gasteiger partial charge >= 0.3 is 0 Å². The lowest BCUT2D eigenvalue weighted by Gasteiger charge is -2.16. The molecule has 2 N–H and O–H groups in total. The standard InChI is InChI=1S/C13H25BrN4/c1-10(2)12(15)5-6-13-11(14)9-16-18(13)8-7-17(3)4/h9-10,12H,5-8,15H2,1-4H3. The highest BCUT2D eigenvalue weighted by atomic mass is 79.9. The van der Waals surface area contributed by atoms with Gasteiger partial charge in [0, 0.05) is 12.6 Å². The first kappa shape index (κ1) is 15.7. The molecule has 1 unspecified atom stereocenters. The van der Waals surface area contributed by atoms with E-state index in [0.717, 1.165) is 30.4 Å². The average Bonchev–Trinajstić information content (AvgIpc) is 2.64. The summed E-state index contributed by atoms with van der Waals surface area (Å²) in [7, 11) is 4.15. The Balaban J connectivity index is 2.60. The van der Waals surface area contributed by atoms with Crippen molar-refractivity contribution in [3.05, 3.63) is 16.4 Å². The van der Waals surface area contributed by atoms with E-state index in [2.05, 4.69) is 58.6 Å². The number of hydrogen-bond acceptors (Lipinski definition) is 3. The highest BCUT2D eigenvalue weighted by Gasteiger charge is 2.13. The summed E-state index contributed by atoms with van der Waals surface area (Å²) in [4.78, 5) is 2.17. The molecule has 0 aliphatic carbocycles. The SMILES string of the molecule is CC(C)C(N)CCc1c(Br)cnn1CCN(C)C. The molecular formula is C13H25BrN4. The van der Waals surface area contributed by atoms with Crippen LogP contribution in [0.4, 0.5) is 0 Å². The molecule has 1 heterocycles. The molecule has 0 aromatic carbocycles. The Labute approximate surface area is 119 Å². The Hall–Kier alpha value is -0.390. The summed E-state index contributed by atoms with van der Waals surface area (Å²) in [5.41, 5.74) is 7.36. The van der Waals surface area contributed by atoms with E-state index in [1.807, 2.05) is 6.20 Å². The Bertz CT molecular complexity index is 360. The van der Waals surface area contributed by atoms with Gasteiger partial charge in [0.25, 0.3) is 0 Å². The topological polar surface area (TPSA) is 47.1 Å². The number of halogens is 1. The van der Waals surface area contributed by atoms with Gasteiger partial charge in [0.15, 0.2) is 0 Å². The van der Waals surface area contributed by atoms with Gasteiger partial charge in [-0.2, -0.15) is 5.10 Å². The first-order valence-electron chi connectivity index (χ1n) is 6.52. The molecule has 0 saturated carbocycles. The van der Waals surface area contributed by atoms with Gasteiger partial charge in [0.05, 0.1) is 22.9 Å². The van der Waals surface area contributed by atoms with Gasteiger partial charge in [-0.1, -0.05) is 13.8 Å². The molecule has 0 bridgehead atoms. The van der Waals surface area contributed by atoms with E-state index >= 15 is 0 Å². The summed E-state index contributed by atoms with van der Waals surface area (Å²) in [6, 6.07) is 0.258. The molecule has 5 heteroatoms. The maximum absolute atomic E-state index is 6.10. The minimum atomic E-state index is 0.258. The van der Waals surface area contributed by atoms with Crippen LogP contribution in [-0.4, -0.2) is 41.4 Å². The second-order valence-electron chi connectivity index (χ2n) is 5.41. The van der Waals surface area contributed by atoms with Gasteiger partial charge in [-0.05, 0) is 48.8 Å². The number of hydrogen-bond donors (Lipinski definition) is 1. The van der Waals surface area contributed by atoms with Crippen molar-refractivity contribution in [3.63, 3.8) is 0 Å². The van der Waals surface area contributed by atoms with Crippen LogP contribution in [-0.2, 0) is 13.0 Å². The normalized spacial score (nSPS) is 13.6. The minimum Gasteiger partial charge on any atom is -0.327 e. The van der Waals surface area contributed by atoms with Gasteiger partial charge in [0.1, 0.15) is 0 Å². The minimum absolute atomic E-state index is 0.258. The van der Waals surface area contributed by atoms with Crippen molar-refractivity contribution >= 4 is 15.9 Å². The summed E-state index contributed by atoms with van der Waals surface area (Å²) in [5.74, 6) is 0.530. The van der Waals surface area contributed by atoms with Crippen LogP contribution in [0.15, 0.2) is 10.7 Å². The summed E-state index contributed by atoms with van der Waals surface area (Å²) in [5, 5.41) is 4.41. The highest BCUT2D eigenvalue weighted by Crippen LogP contribution is 2.19. The predicted molar refractivity (Wildman–Crippen MR) is 79.6 cm³/mol. The molecule has 0 aliphatic heterocycles. The van der Waals surface area contributed by atoms with Crippen molar-refractivity contribution in [3.8, 4) is 0 Å². The number of rotatable bonds is 7. The fraction of sp³-hybridized carbons (Fsp3) is 0.769. The lowest BCUT2D eigenvalue weighted by Crippen LogP contribution is -2.27. The van der Waals surface area contributed by atoms with Crippen molar-refractivity contribution < 1.29 is 0 Å². The van der Waals surface area contributed by atoms with Crippen molar-refractivity contribution in [1.82, 2.24) is 14.7 Å². The molecule has 0 fully saturated rings. The van der Waals surface area contributed by atoms with E-state index < -0.39 is 0 Å². The monoisotopic (exact) mass is 316 g/mol. The van der Waals surface area contributed by atoms with Gasteiger partial charge in [-0.15, -0.1) is 0 Å². The van der Waals surface area contributed by atoms with Crippen LogP contribution in [0.2, 0.25) is 0 Å². The van der Waals surface area contributed by atoms with Crippen molar-refractivity contribution in [2.75, 3.05) is 20.6 Å². The molecule has 1 aromatic rings. The maximum atomic E-state index is 6.10. The van der Waals surface area contributed by atoms with E-state index in [1.165, 1.54) is 5.69 Å². The van der Waals surface area contributed by atoms with Crippen LogP contribution in [0.5, 0.6) is 0 Å². The first-order chi connectivity index (χ1) is 8.41. The third-order valence-electron chi connectivity index (χ3n) is 3.23. The molecular weight excluding hydrogens is 292 g/mol. The van der Waals surface area contributed by atoms with Gasteiger partial charge in [-0.25, -0.2) is 0 Å². The molecule has 0 amide bonds. The molecule has 0 aliphatic rings. The van der Waals surface area contributed by atoms with E-state index in [9.17, 15) is 0 Å². The van der Waals surface area contributed by atoms with Crippen LogP contribution < -0.4 is 5.73 Å². The number of nitrogens with zero attached hydrogens (tertiary/aromatic N) is 3. The lowest BCUT2D eigenvalue weighted by atomic mass is 9.99. The quantitative estimate of drug-likeness (QED) is 0.838. The van der Waals surface area contributed by atoms with E-state index in [4.69, 9.17) is 5.73 Å². The van der Waals surface area contributed by atoms with Crippen LogP contribution in [0.1, 0.15) is 26.0 Å². The van der Waals surface area contributed by atoms with Gasteiger partial charge in [0.2, 0.25) is 0 Å². The molecule has 104 valence electrons.